The summed E-state index contributed by atoms with van der Waals surface area (Å²) in [7, 11) is 0. The van der Waals surface area contributed by atoms with Gasteiger partial charge in [0.1, 0.15) is 0 Å². The van der Waals surface area contributed by atoms with Gasteiger partial charge in [-0.25, -0.2) is 0 Å². The zero-order valence-corrected chi connectivity index (χ0v) is 13.3. The second kappa shape index (κ2) is 6.29. The predicted octanol–water partition coefficient (Wildman–Crippen LogP) is 4.12. The van der Waals surface area contributed by atoms with Crippen LogP contribution in [0.15, 0.2) is 40.9 Å². The first kappa shape index (κ1) is 14.9. The molecule has 0 aliphatic carbocycles. The number of amides is 1. The minimum Gasteiger partial charge on any atom is -0.380 e. The van der Waals surface area contributed by atoms with Crippen LogP contribution < -0.4 is 11.1 Å². The maximum absolute atomic E-state index is 11.4. The van der Waals surface area contributed by atoms with Crippen LogP contribution in [0.1, 0.15) is 21.5 Å². The van der Waals surface area contributed by atoms with Gasteiger partial charge < -0.3 is 11.1 Å². The number of carbonyl (C=O) groups is 1. The second-order valence-corrected chi connectivity index (χ2v) is 5.72. The maximum Gasteiger partial charge on any atom is 0.249 e. The fraction of sp³-hybridized carbons (Fsp3) is 0.133. The summed E-state index contributed by atoms with van der Waals surface area (Å²) in [5.41, 5.74) is 8.61. The summed E-state index contributed by atoms with van der Waals surface area (Å²) in [6.07, 6.45) is 0. The molecule has 20 heavy (non-hydrogen) atoms. The van der Waals surface area contributed by atoms with E-state index in [9.17, 15) is 4.79 Å². The van der Waals surface area contributed by atoms with E-state index in [1.54, 1.807) is 12.1 Å². The smallest absolute Gasteiger partial charge is 0.249 e. The van der Waals surface area contributed by atoms with Crippen molar-refractivity contribution in [2.45, 2.75) is 13.5 Å². The van der Waals surface area contributed by atoms with Crippen molar-refractivity contribution in [2.24, 2.45) is 5.73 Å². The average Bonchev–Trinajstić information content (AvgIpc) is 2.41. The highest BCUT2D eigenvalue weighted by molar-refractivity contribution is 9.10. The Kier molecular flexibility index (Phi) is 4.68. The molecule has 5 heteroatoms. The predicted molar refractivity (Wildman–Crippen MR) is 86.2 cm³/mol. The number of nitrogens with one attached hydrogen (secondary N) is 1. The Morgan fingerprint density at radius 1 is 1.35 bits per heavy atom. The van der Waals surface area contributed by atoms with E-state index in [2.05, 4.69) is 21.2 Å². The minimum atomic E-state index is -0.427. The number of nitrogens with two attached hydrogens (primary N) is 1. The van der Waals surface area contributed by atoms with E-state index in [0.717, 1.165) is 21.3 Å². The Morgan fingerprint density at radius 3 is 2.75 bits per heavy atom. The molecule has 0 radical (unpaired) electrons. The number of anilines is 1. The van der Waals surface area contributed by atoms with Crippen LogP contribution in [0.5, 0.6) is 0 Å². The number of halogens is 2. The van der Waals surface area contributed by atoms with Gasteiger partial charge in [0.05, 0.1) is 5.69 Å². The Morgan fingerprint density at radius 2 is 2.05 bits per heavy atom. The number of rotatable bonds is 4. The maximum atomic E-state index is 11.4. The highest BCUT2D eigenvalue weighted by atomic mass is 79.9. The van der Waals surface area contributed by atoms with Crippen LogP contribution >= 0.6 is 27.5 Å². The van der Waals surface area contributed by atoms with Crippen molar-refractivity contribution < 1.29 is 4.79 Å². The van der Waals surface area contributed by atoms with E-state index in [4.69, 9.17) is 17.3 Å². The SMILES string of the molecule is Cc1cc(Br)c(NCc2ccccc2C(N)=O)cc1Cl. The largest absolute Gasteiger partial charge is 0.380 e. The third-order valence-corrected chi connectivity index (χ3v) is 4.06. The molecule has 2 aromatic carbocycles. The first-order valence-corrected chi connectivity index (χ1v) is 7.23. The molecule has 2 rings (SSSR count). The number of hydrogen-bond donors (Lipinski definition) is 2. The molecule has 0 saturated heterocycles. The van der Waals surface area contributed by atoms with Gasteiger partial charge in [-0.15, -0.1) is 0 Å². The third-order valence-electron chi connectivity index (χ3n) is 3.00. The normalized spacial score (nSPS) is 10.3. The molecule has 0 aliphatic heterocycles. The summed E-state index contributed by atoms with van der Waals surface area (Å²) in [5.74, 6) is -0.427. The Bertz CT molecular complexity index is 658. The van der Waals surface area contributed by atoms with Crippen LogP contribution in [-0.4, -0.2) is 5.91 Å². The van der Waals surface area contributed by atoms with Crippen molar-refractivity contribution in [3.05, 3.63) is 62.6 Å². The lowest BCUT2D eigenvalue weighted by Gasteiger charge is -2.12. The number of benzene rings is 2. The van der Waals surface area contributed by atoms with Crippen LogP contribution in [0.2, 0.25) is 5.02 Å². The van der Waals surface area contributed by atoms with Crippen LogP contribution in [0.4, 0.5) is 5.69 Å². The van der Waals surface area contributed by atoms with E-state index >= 15 is 0 Å². The van der Waals surface area contributed by atoms with Gasteiger partial charge in [-0.05, 0) is 52.2 Å². The summed E-state index contributed by atoms with van der Waals surface area (Å²) in [6.45, 7) is 2.44. The number of aryl methyl sites for hydroxylation is 1. The molecule has 0 heterocycles. The fourth-order valence-corrected chi connectivity index (χ4v) is 2.65. The van der Waals surface area contributed by atoms with Gasteiger partial charge in [0.15, 0.2) is 0 Å². The molecule has 0 aliphatic rings. The van der Waals surface area contributed by atoms with Gasteiger partial charge in [0, 0.05) is 21.6 Å². The molecule has 0 spiro atoms. The van der Waals surface area contributed by atoms with E-state index in [-0.39, 0.29) is 0 Å². The minimum absolute atomic E-state index is 0.427. The summed E-state index contributed by atoms with van der Waals surface area (Å²) in [6, 6.07) is 11.1. The van der Waals surface area contributed by atoms with Gasteiger partial charge in [0.25, 0.3) is 0 Å². The van der Waals surface area contributed by atoms with Gasteiger partial charge in [-0.2, -0.15) is 0 Å². The zero-order valence-electron chi connectivity index (χ0n) is 10.9. The molecular weight excluding hydrogens is 340 g/mol. The lowest BCUT2D eigenvalue weighted by molar-refractivity contribution is 0.0999. The van der Waals surface area contributed by atoms with Crippen LogP contribution in [0.3, 0.4) is 0 Å². The van der Waals surface area contributed by atoms with Gasteiger partial charge in [0.2, 0.25) is 5.91 Å². The molecule has 2 aromatic rings. The summed E-state index contributed by atoms with van der Waals surface area (Å²) in [5, 5.41) is 3.95. The van der Waals surface area contributed by atoms with E-state index in [0.29, 0.717) is 17.1 Å². The molecule has 1 amide bonds. The van der Waals surface area contributed by atoms with Crippen molar-refractivity contribution in [3.63, 3.8) is 0 Å². The van der Waals surface area contributed by atoms with Crippen molar-refractivity contribution >= 4 is 39.1 Å². The van der Waals surface area contributed by atoms with Crippen molar-refractivity contribution in [1.29, 1.82) is 0 Å². The van der Waals surface area contributed by atoms with Crippen molar-refractivity contribution in [3.8, 4) is 0 Å². The Hall–Kier alpha value is -1.52. The number of hydrogen-bond acceptors (Lipinski definition) is 2. The van der Waals surface area contributed by atoms with Crippen LogP contribution in [0.25, 0.3) is 0 Å². The highest BCUT2D eigenvalue weighted by Crippen LogP contribution is 2.29. The molecule has 0 aromatic heterocycles. The van der Waals surface area contributed by atoms with E-state index in [1.807, 2.05) is 31.2 Å². The Balaban J connectivity index is 2.21. The summed E-state index contributed by atoms with van der Waals surface area (Å²) in [4.78, 5) is 11.4. The Labute approximate surface area is 131 Å². The zero-order chi connectivity index (χ0) is 14.7. The molecule has 104 valence electrons. The molecule has 0 saturated carbocycles. The van der Waals surface area contributed by atoms with Crippen LogP contribution in [-0.2, 0) is 6.54 Å². The molecule has 0 unspecified atom stereocenters. The van der Waals surface area contributed by atoms with E-state index < -0.39 is 5.91 Å². The highest BCUT2D eigenvalue weighted by Gasteiger charge is 2.08. The third kappa shape index (κ3) is 3.32. The number of primary amides is 1. The quantitative estimate of drug-likeness (QED) is 0.868. The van der Waals surface area contributed by atoms with Gasteiger partial charge >= 0.3 is 0 Å². The van der Waals surface area contributed by atoms with Crippen LogP contribution in [0, 0.1) is 6.92 Å². The first-order chi connectivity index (χ1) is 9.49. The van der Waals surface area contributed by atoms with Gasteiger partial charge in [-0.1, -0.05) is 29.8 Å². The van der Waals surface area contributed by atoms with E-state index in [1.165, 1.54) is 0 Å². The van der Waals surface area contributed by atoms with Crippen molar-refractivity contribution in [2.75, 3.05) is 5.32 Å². The topological polar surface area (TPSA) is 55.1 Å². The van der Waals surface area contributed by atoms with Crippen molar-refractivity contribution in [1.82, 2.24) is 0 Å². The molecule has 0 fully saturated rings. The van der Waals surface area contributed by atoms with Gasteiger partial charge in [-0.3, -0.25) is 4.79 Å². The summed E-state index contributed by atoms with van der Waals surface area (Å²) < 4.78 is 0.927. The molecule has 3 nitrogen and oxygen atoms in total. The lowest BCUT2D eigenvalue weighted by Crippen LogP contribution is -2.15. The molecular formula is C15H14BrClN2O. The molecule has 3 N–H and O–H groups in total. The average molecular weight is 354 g/mol. The second-order valence-electron chi connectivity index (χ2n) is 4.46. The summed E-state index contributed by atoms with van der Waals surface area (Å²) >= 11 is 9.60. The first-order valence-electron chi connectivity index (χ1n) is 6.06. The standard InChI is InChI=1S/C15H14BrClN2O/c1-9-6-12(16)14(7-13(9)17)19-8-10-4-2-3-5-11(10)15(18)20/h2-7,19H,8H2,1H3,(H2,18,20). The fourth-order valence-electron chi connectivity index (χ4n) is 1.89. The number of carbonyl (C=O) groups excluding carboxylic acids is 1. The molecule has 0 atom stereocenters. The lowest BCUT2D eigenvalue weighted by atomic mass is 10.1. The molecule has 0 bridgehead atoms. The monoisotopic (exact) mass is 352 g/mol.